The average Bonchev–Trinajstić information content (AvgIpc) is 2.85. The van der Waals surface area contributed by atoms with Crippen LogP contribution in [0, 0.1) is 0 Å². The average molecular weight is 521 g/mol. The van der Waals surface area contributed by atoms with Gasteiger partial charge in [-0.2, -0.15) is 13.2 Å². The molecule has 3 rings (SSSR count). The summed E-state index contributed by atoms with van der Waals surface area (Å²) in [5, 5.41) is 11.3. The quantitative estimate of drug-likeness (QED) is 0.237. The van der Waals surface area contributed by atoms with Crippen molar-refractivity contribution in [2.24, 2.45) is 0 Å². The Hall–Kier alpha value is -3.78. The van der Waals surface area contributed by atoms with Gasteiger partial charge in [0.15, 0.2) is 11.5 Å². The smallest absolute Gasteiger partial charge is 0.449 e. The molecule has 190 valence electrons. The second-order valence-corrected chi connectivity index (χ2v) is 7.98. The van der Waals surface area contributed by atoms with E-state index in [1.807, 2.05) is 0 Å². The number of rotatable bonds is 9. The maximum Gasteiger partial charge on any atom is 0.449 e. The summed E-state index contributed by atoms with van der Waals surface area (Å²) in [5.74, 6) is -0.722. The first-order valence-electron chi connectivity index (χ1n) is 10.6. The summed E-state index contributed by atoms with van der Waals surface area (Å²) in [6.45, 7) is 4.06. The molecule has 36 heavy (non-hydrogen) atoms. The molecule has 0 spiro atoms. The van der Waals surface area contributed by atoms with Crippen molar-refractivity contribution < 1.29 is 37.2 Å². The van der Waals surface area contributed by atoms with Crippen LogP contribution in [0.15, 0.2) is 73.0 Å². The number of alkyl halides is 3. The molecular weight excluding hydrogens is 497 g/mol. The van der Waals surface area contributed by atoms with Crippen LogP contribution in [0.3, 0.4) is 0 Å². The van der Waals surface area contributed by atoms with E-state index in [0.29, 0.717) is 16.5 Å². The fraction of sp³-hybridized carbons (Fsp3) is 0.185. The Kier molecular flexibility index (Phi) is 8.42. The highest BCUT2D eigenvalue weighted by atomic mass is 35.5. The molecule has 0 amide bonds. The van der Waals surface area contributed by atoms with Crippen molar-refractivity contribution in [3.8, 4) is 23.0 Å². The topological polar surface area (TPSA) is 57.2 Å². The highest BCUT2D eigenvalue weighted by Gasteiger charge is 2.39. The molecule has 0 heterocycles. The van der Waals surface area contributed by atoms with Crippen molar-refractivity contribution in [3.63, 3.8) is 0 Å². The van der Waals surface area contributed by atoms with Crippen LogP contribution in [0.2, 0.25) is 5.02 Å². The maximum atomic E-state index is 13.9. The Labute approximate surface area is 211 Å². The molecule has 0 bridgehead atoms. The number of phenolic OH excluding ortho intramolecular Hbond substituents is 1. The van der Waals surface area contributed by atoms with Crippen LogP contribution in [-0.2, 0) is 11.3 Å². The Morgan fingerprint density at radius 1 is 0.917 bits per heavy atom. The van der Waals surface area contributed by atoms with Gasteiger partial charge >= 0.3 is 6.18 Å². The minimum atomic E-state index is -4.84. The lowest BCUT2D eigenvalue weighted by Gasteiger charge is -2.21. The molecule has 0 saturated heterocycles. The lowest BCUT2D eigenvalue weighted by Crippen LogP contribution is -2.16. The second-order valence-electron chi connectivity index (χ2n) is 7.55. The van der Waals surface area contributed by atoms with Gasteiger partial charge in [-0.3, -0.25) is 0 Å². The summed E-state index contributed by atoms with van der Waals surface area (Å²) >= 11 is 5.88. The van der Waals surface area contributed by atoms with E-state index in [-0.39, 0.29) is 40.4 Å². The summed E-state index contributed by atoms with van der Waals surface area (Å²) in [6, 6.07) is 15.6. The molecule has 0 saturated carbocycles. The van der Waals surface area contributed by atoms with E-state index in [1.165, 1.54) is 50.6 Å². The zero-order chi connectivity index (χ0) is 26.5. The monoisotopic (exact) mass is 520 g/mol. The molecule has 0 unspecified atom stereocenters. The van der Waals surface area contributed by atoms with Gasteiger partial charge in [0.2, 0.25) is 5.76 Å². The Balaban J connectivity index is 2.01. The van der Waals surface area contributed by atoms with E-state index in [9.17, 15) is 18.3 Å². The van der Waals surface area contributed by atoms with Gasteiger partial charge in [-0.05, 0) is 53.1 Å². The largest absolute Gasteiger partial charge is 0.507 e. The van der Waals surface area contributed by atoms with Crippen LogP contribution in [0.5, 0.6) is 23.0 Å². The van der Waals surface area contributed by atoms with E-state index in [0.717, 1.165) is 12.7 Å². The fourth-order valence-electron chi connectivity index (χ4n) is 3.53. The third kappa shape index (κ3) is 6.07. The Morgan fingerprint density at radius 3 is 2.14 bits per heavy atom. The zero-order valence-electron chi connectivity index (χ0n) is 19.8. The van der Waals surface area contributed by atoms with E-state index in [1.54, 1.807) is 24.3 Å². The van der Waals surface area contributed by atoms with Gasteiger partial charge in [-0.1, -0.05) is 36.4 Å². The molecule has 0 aromatic heterocycles. The van der Waals surface area contributed by atoms with Crippen LogP contribution in [-0.4, -0.2) is 32.6 Å². The van der Waals surface area contributed by atoms with Crippen LogP contribution >= 0.6 is 11.6 Å². The molecule has 5 nitrogen and oxygen atoms in total. The van der Waals surface area contributed by atoms with Gasteiger partial charge < -0.3 is 24.1 Å². The Bertz CT molecular complexity index is 1270. The lowest BCUT2D eigenvalue weighted by atomic mass is 9.91. The molecule has 0 fully saturated rings. The molecular formula is C27H24ClF3O5. The molecule has 1 N–H and O–H groups in total. The van der Waals surface area contributed by atoms with Gasteiger partial charge in [-0.15, -0.1) is 0 Å². The third-order valence-electron chi connectivity index (χ3n) is 5.28. The summed E-state index contributed by atoms with van der Waals surface area (Å²) in [4.78, 5) is 0. The standard InChI is InChI=1S/C27H24ClF3O5/c1-16(21-11-10-20(14-22(21)32)36-15-17-5-8-19(28)9-6-17)25(26(35-4)27(29,30)31)18-7-12-23(33-2)24(13-18)34-3/h5-14,32H,1,15H2,2-4H3/b26-25+. The first kappa shape index (κ1) is 26.8. The minimum Gasteiger partial charge on any atom is -0.507 e. The van der Waals surface area contributed by atoms with Crippen molar-refractivity contribution >= 4 is 22.7 Å². The number of halogens is 4. The molecule has 0 radical (unpaired) electrons. The predicted molar refractivity (Wildman–Crippen MR) is 132 cm³/mol. The number of aromatic hydroxyl groups is 1. The molecule has 0 aliphatic heterocycles. The summed E-state index contributed by atoms with van der Waals surface area (Å²) in [6.07, 6.45) is -4.84. The molecule has 3 aromatic carbocycles. The van der Waals surface area contributed by atoms with E-state index in [4.69, 9.17) is 30.5 Å². The summed E-state index contributed by atoms with van der Waals surface area (Å²) < 4.78 is 62.7. The fourth-order valence-corrected chi connectivity index (χ4v) is 3.66. The van der Waals surface area contributed by atoms with Crippen molar-refractivity contribution in [2.45, 2.75) is 12.8 Å². The van der Waals surface area contributed by atoms with Gasteiger partial charge in [0.1, 0.15) is 18.1 Å². The number of ether oxygens (including phenoxy) is 4. The normalized spacial score (nSPS) is 12.0. The van der Waals surface area contributed by atoms with Crippen molar-refractivity contribution in [1.29, 1.82) is 0 Å². The van der Waals surface area contributed by atoms with Crippen molar-refractivity contribution in [1.82, 2.24) is 0 Å². The van der Waals surface area contributed by atoms with Gasteiger partial charge in [0.25, 0.3) is 0 Å². The predicted octanol–water partition coefficient (Wildman–Crippen LogP) is 7.28. The van der Waals surface area contributed by atoms with E-state index < -0.39 is 11.9 Å². The minimum absolute atomic E-state index is 0.0671. The molecule has 0 atom stereocenters. The van der Waals surface area contributed by atoms with Gasteiger partial charge in [-0.25, -0.2) is 0 Å². The summed E-state index contributed by atoms with van der Waals surface area (Å²) in [5.41, 5.74) is 0.543. The summed E-state index contributed by atoms with van der Waals surface area (Å²) in [7, 11) is 3.71. The third-order valence-corrected chi connectivity index (χ3v) is 5.53. The first-order valence-corrected chi connectivity index (χ1v) is 10.9. The van der Waals surface area contributed by atoms with Crippen LogP contribution in [0.4, 0.5) is 13.2 Å². The number of phenols is 1. The van der Waals surface area contributed by atoms with Crippen molar-refractivity contribution in [2.75, 3.05) is 21.3 Å². The number of methoxy groups -OCH3 is 3. The first-order chi connectivity index (χ1) is 17.1. The number of allylic oxidation sites excluding steroid dienone is 3. The highest BCUT2D eigenvalue weighted by molar-refractivity contribution is 6.30. The van der Waals surface area contributed by atoms with Gasteiger partial charge in [0, 0.05) is 22.2 Å². The SMILES string of the molecule is C=C(/C(=C(\OC)C(F)(F)F)c1ccc(OC)c(OC)c1)c1ccc(OCc2ccc(Cl)cc2)cc1O. The number of hydrogen-bond acceptors (Lipinski definition) is 5. The van der Waals surface area contributed by atoms with E-state index >= 15 is 0 Å². The second kappa shape index (κ2) is 11.3. The van der Waals surface area contributed by atoms with Gasteiger partial charge in [0.05, 0.1) is 21.3 Å². The molecule has 9 heteroatoms. The van der Waals surface area contributed by atoms with Crippen molar-refractivity contribution in [3.05, 3.63) is 94.7 Å². The molecule has 3 aromatic rings. The lowest BCUT2D eigenvalue weighted by molar-refractivity contribution is -0.124. The van der Waals surface area contributed by atoms with Crippen LogP contribution in [0.25, 0.3) is 11.1 Å². The molecule has 0 aliphatic carbocycles. The zero-order valence-corrected chi connectivity index (χ0v) is 20.5. The van der Waals surface area contributed by atoms with Crippen LogP contribution in [0.1, 0.15) is 16.7 Å². The highest BCUT2D eigenvalue weighted by Crippen LogP contribution is 2.44. The maximum absolute atomic E-state index is 13.9. The number of benzene rings is 3. The number of hydrogen-bond donors (Lipinski definition) is 1. The Morgan fingerprint density at radius 2 is 1.58 bits per heavy atom. The van der Waals surface area contributed by atoms with E-state index in [2.05, 4.69) is 6.58 Å². The van der Waals surface area contributed by atoms with Crippen LogP contribution < -0.4 is 14.2 Å². The molecule has 0 aliphatic rings.